The van der Waals surface area contributed by atoms with E-state index in [-0.39, 0.29) is 11.4 Å². The Kier molecular flexibility index (Phi) is 5.95. The minimum Gasteiger partial charge on any atom is -0.496 e. The first-order valence-corrected chi connectivity index (χ1v) is 10.8. The Bertz CT molecular complexity index is 942. The number of ether oxygens (including phenoxy) is 2. The van der Waals surface area contributed by atoms with Crippen LogP contribution in [0.3, 0.4) is 0 Å². The maximum absolute atomic E-state index is 11.6. The van der Waals surface area contributed by atoms with Gasteiger partial charge in [-0.2, -0.15) is 0 Å². The molecule has 0 saturated heterocycles. The highest BCUT2D eigenvalue weighted by atomic mass is 32.2. The van der Waals surface area contributed by atoms with Gasteiger partial charge in [-0.05, 0) is 29.8 Å². The molecule has 2 atom stereocenters. The van der Waals surface area contributed by atoms with Gasteiger partial charge >= 0.3 is 0 Å². The third kappa shape index (κ3) is 4.15. The number of benzene rings is 2. The Labute approximate surface area is 165 Å². The van der Waals surface area contributed by atoms with Crippen molar-refractivity contribution < 1.29 is 28.1 Å². The summed E-state index contributed by atoms with van der Waals surface area (Å²) in [6.07, 6.45) is -0.445. The molecular weight excluding hydrogens is 382 g/mol. The normalized spacial score (nSPS) is 18.4. The number of fused-ring (bicyclic) bond motifs is 1. The van der Waals surface area contributed by atoms with Crippen LogP contribution in [0.2, 0.25) is 0 Å². The Balaban J connectivity index is 1.80. The number of nitrogens with zero attached hydrogens (tertiary/aromatic N) is 1. The first-order chi connectivity index (χ1) is 13.2. The van der Waals surface area contributed by atoms with Gasteiger partial charge in [-0.15, -0.1) is 0 Å². The van der Waals surface area contributed by atoms with Gasteiger partial charge in [0.1, 0.15) is 11.5 Å². The Morgan fingerprint density at radius 1 is 1.11 bits per heavy atom. The first-order valence-electron chi connectivity index (χ1n) is 8.86. The van der Waals surface area contributed by atoms with Gasteiger partial charge in [-0.3, -0.25) is 4.90 Å². The molecule has 0 amide bonds. The molecule has 152 valence electrons. The minimum absolute atomic E-state index is 0.211. The van der Waals surface area contributed by atoms with E-state index in [0.29, 0.717) is 35.7 Å². The molecule has 0 aliphatic carbocycles. The molecule has 2 unspecified atom stereocenters. The minimum atomic E-state index is -3.28. The zero-order chi connectivity index (χ0) is 20.5. The van der Waals surface area contributed by atoms with E-state index in [9.17, 15) is 18.6 Å². The second-order valence-corrected chi connectivity index (χ2v) is 8.94. The lowest BCUT2D eigenvalue weighted by Gasteiger charge is -2.35. The van der Waals surface area contributed by atoms with E-state index >= 15 is 0 Å². The van der Waals surface area contributed by atoms with Gasteiger partial charge in [-0.1, -0.05) is 12.1 Å². The average Bonchev–Trinajstić information content (AvgIpc) is 2.66. The number of aliphatic hydroxyl groups is 2. The van der Waals surface area contributed by atoms with Gasteiger partial charge in [0.25, 0.3) is 0 Å². The van der Waals surface area contributed by atoms with Gasteiger partial charge in [0, 0.05) is 37.0 Å². The summed E-state index contributed by atoms with van der Waals surface area (Å²) in [7, 11) is -0.143. The number of sulfone groups is 1. The number of methoxy groups -OCH3 is 2. The van der Waals surface area contributed by atoms with E-state index in [0.717, 1.165) is 11.8 Å². The molecule has 8 heteroatoms. The second kappa shape index (κ2) is 8.08. The van der Waals surface area contributed by atoms with Crippen LogP contribution in [0.25, 0.3) is 0 Å². The number of hydrogen-bond donors (Lipinski definition) is 2. The van der Waals surface area contributed by atoms with Crippen molar-refractivity contribution in [1.29, 1.82) is 0 Å². The molecule has 1 heterocycles. The number of aliphatic hydroxyl groups excluding tert-OH is 2. The summed E-state index contributed by atoms with van der Waals surface area (Å²) >= 11 is 0. The number of rotatable bonds is 6. The molecule has 0 radical (unpaired) electrons. The SMILES string of the molecule is COc1ccc(OC)c2c1CN(CC(O)c1ccc(S(C)(=O)=O)cc1)CC2O. The van der Waals surface area contributed by atoms with Crippen LogP contribution in [0.15, 0.2) is 41.3 Å². The molecule has 2 aromatic rings. The molecule has 2 aromatic carbocycles. The molecular formula is C20H25NO6S. The summed E-state index contributed by atoms with van der Waals surface area (Å²) in [5.74, 6) is 1.27. The summed E-state index contributed by atoms with van der Waals surface area (Å²) in [6.45, 7) is 1.12. The quantitative estimate of drug-likeness (QED) is 0.752. The molecule has 7 nitrogen and oxygen atoms in total. The third-order valence-electron chi connectivity index (χ3n) is 4.98. The maximum Gasteiger partial charge on any atom is 0.175 e. The lowest BCUT2D eigenvalue weighted by molar-refractivity contribution is 0.0506. The Morgan fingerprint density at radius 3 is 2.29 bits per heavy atom. The van der Waals surface area contributed by atoms with Crippen molar-refractivity contribution in [2.45, 2.75) is 23.6 Å². The van der Waals surface area contributed by atoms with Crippen molar-refractivity contribution in [3.8, 4) is 11.5 Å². The van der Waals surface area contributed by atoms with E-state index in [1.165, 1.54) is 12.1 Å². The van der Waals surface area contributed by atoms with Crippen LogP contribution in [-0.2, 0) is 16.4 Å². The van der Waals surface area contributed by atoms with E-state index < -0.39 is 22.0 Å². The zero-order valence-corrected chi connectivity index (χ0v) is 16.9. The average molecular weight is 407 g/mol. The van der Waals surface area contributed by atoms with Gasteiger partial charge in [0.05, 0.1) is 31.3 Å². The van der Waals surface area contributed by atoms with E-state index in [4.69, 9.17) is 9.47 Å². The van der Waals surface area contributed by atoms with Crippen molar-refractivity contribution in [2.75, 3.05) is 33.6 Å². The van der Waals surface area contributed by atoms with Crippen molar-refractivity contribution >= 4 is 9.84 Å². The fraction of sp³-hybridized carbons (Fsp3) is 0.400. The van der Waals surface area contributed by atoms with Crippen molar-refractivity contribution in [2.24, 2.45) is 0 Å². The maximum atomic E-state index is 11.6. The van der Waals surface area contributed by atoms with Crippen molar-refractivity contribution in [1.82, 2.24) is 4.90 Å². The molecule has 3 rings (SSSR count). The lowest BCUT2D eigenvalue weighted by Crippen LogP contribution is -2.37. The molecule has 0 fully saturated rings. The van der Waals surface area contributed by atoms with Crippen LogP contribution in [0.1, 0.15) is 28.9 Å². The molecule has 0 saturated carbocycles. The van der Waals surface area contributed by atoms with Crippen molar-refractivity contribution in [3.05, 3.63) is 53.1 Å². The highest BCUT2D eigenvalue weighted by Crippen LogP contribution is 2.39. The summed E-state index contributed by atoms with van der Waals surface area (Å²) < 4.78 is 34.0. The van der Waals surface area contributed by atoms with Gasteiger partial charge in [-0.25, -0.2) is 8.42 Å². The Hall–Kier alpha value is -2.13. The topological polar surface area (TPSA) is 96.3 Å². The van der Waals surface area contributed by atoms with Crippen LogP contribution in [-0.4, -0.2) is 57.1 Å². The smallest absolute Gasteiger partial charge is 0.175 e. The van der Waals surface area contributed by atoms with Gasteiger partial charge in [0.15, 0.2) is 9.84 Å². The number of hydrogen-bond acceptors (Lipinski definition) is 7. The van der Waals surface area contributed by atoms with E-state index in [1.807, 2.05) is 4.90 Å². The lowest BCUT2D eigenvalue weighted by atomic mass is 9.94. The molecule has 2 N–H and O–H groups in total. The molecule has 0 bridgehead atoms. The summed E-state index contributed by atoms with van der Waals surface area (Å²) in [5.41, 5.74) is 2.16. The summed E-state index contributed by atoms with van der Waals surface area (Å²) in [5, 5.41) is 21.2. The van der Waals surface area contributed by atoms with E-state index in [1.54, 1.807) is 38.5 Å². The Morgan fingerprint density at radius 2 is 1.71 bits per heavy atom. The molecule has 1 aliphatic rings. The predicted octanol–water partition coefficient (Wildman–Crippen LogP) is 1.69. The van der Waals surface area contributed by atoms with Crippen LogP contribution >= 0.6 is 0 Å². The summed E-state index contributed by atoms with van der Waals surface area (Å²) in [4.78, 5) is 2.15. The second-order valence-electron chi connectivity index (χ2n) is 6.93. The molecule has 28 heavy (non-hydrogen) atoms. The van der Waals surface area contributed by atoms with Gasteiger partial charge in [0.2, 0.25) is 0 Å². The van der Waals surface area contributed by atoms with Crippen LogP contribution in [0.5, 0.6) is 11.5 Å². The fourth-order valence-corrected chi connectivity index (χ4v) is 4.20. The van der Waals surface area contributed by atoms with Crippen LogP contribution in [0, 0.1) is 0 Å². The molecule has 0 spiro atoms. The fourth-order valence-electron chi connectivity index (χ4n) is 3.57. The van der Waals surface area contributed by atoms with E-state index in [2.05, 4.69) is 0 Å². The number of β-amino-alcohol motifs (C(OH)–C–C–N with tert-alkyl or cyclic N) is 2. The summed E-state index contributed by atoms with van der Waals surface area (Å²) in [6, 6.07) is 9.77. The largest absolute Gasteiger partial charge is 0.496 e. The highest BCUT2D eigenvalue weighted by Gasteiger charge is 2.30. The van der Waals surface area contributed by atoms with Crippen molar-refractivity contribution in [3.63, 3.8) is 0 Å². The van der Waals surface area contributed by atoms with Gasteiger partial charge < -0.3 is 19.7 Å². The predicted molar refractivity (Wildman–Crippen MR) is 104 cm³/mol. The highest BCUT2D eigenvalue weighted by molar-refractivity contribution is 7.90. The first kappa shape index (κ1) is 20.6. The monoisotopic (exact) mass is 407 g/mol. The standard InChI is InChI=1S/C20H25NO6S/c1-26-18-8-9-19(27-2)20-15(18)10-21(12-17(20)23)11-16(22)13-4-6-14(7-5-13)28(3,24)25/h4-9,16-17,22-23H,10-12H2,1-3H3. The van der Waals surface area contributed by atoms with Crippen LogP contribution in [0.4, 0.5) is 0 Å². The molecule has 0 aromatic heterocycles. The third-order valence-corrected chi connectivity index (χ3v) is 6.11. The van der Waals surface area contributed by atoms with Crippen LogP contribution < -0.4 is 9.47 Å². The zero-order valence-electron chi connectivity index (χ0n) is 16.1. The molecule has 1 aliphatic heterocycles.